The van der Waals surface area contributed by atoms with E-state index in [0.717, 1.165) is 16.5 Å². The second-order valence-corrected chi connectivity index (χ2v) is 12.1. The van der Waals surface area contributed by atoms with Crippen LogP contribution in [0.1, 0.15) is 68.9 Å². The first-order valence-corrected chi connectivity index (χ1v) is 14.4. The molecule has 9 nitrogen and oxygen atoms in total. The number of hydrogen-bond acceptors (Lipinski definition) is 6. The van der Waals surface area contributed by atoms with Crippen LogP contribution in [0, 0.1) is 11.8 Å². The highest BCUT2D eigenvalue weighted by Gasteiger charge is 2.36. The van der Waals surface area contributed by atoms with Crippen LogP contribution < -0.4 is 15.4 Å². The predicted octanol–water partition coefficient (Wildman–Crippen LogP) is 4.34. The molecule has 0 aliphatic heterocycles. The maximum absolute atomic E-state index is 13.8. The fourth-order valence-corrected chi connectivity index (χ4v) is 5.38. The molecular weight excluding hydrogens is 534 g/mol. The van der Waals surface area contributed by atoms with Crippen molar-refractivity contribution in [2.45, 2.75) is 70.9 Å². The normalized spacial score (nSPS) is 16.6. The van der Waals surface area contributed by atoms with E-state index in [2.05, 4.69) is 15.6 Å². The predicted molar refractivity (Wildman–Crippen MR) is 159 cm³/mol. The molecule has 2 aromatic carbocycles. The molecule has 1 saturated carbocycles. The summed E-state index contributed by atoms with van der Waals surface area (Å²) < 4.78 is 5.28. The Labute approximate surface area is 245 Å². The monoisotopic (exact) mass is 573 g/mol. The summed E-state index contributed by atoms with van der Waals surface area (Å²) in [6.45, 7) is 5.27. The van der Waals surface area contributed by atoms with Gasteiger partial charge in [-0.2, -0.15) is 0 Å². The summed E-state index contributed by atoms with van der Waals surface area (Å²) in [5.41, 5.74) is 1.32. The summed E-state index contributed by atoms with van der Waals surface area (Å²) in [6, 6.07) is 15.3. The SMILES string of the molecule is COc1ccc2[nH]c(C(=O)C[C@@H](Cc3ccccc3)C(=O)N[C@@H](C[C@@H]3CCCC3=O)C(=O)C(=O)NC(C)(C)C)cc2c1. The molecule has 0 bridgehead atoms. The number of benzene rings is 2. The molecule has 0 unspecified atom stereocenters. The summed E-state index contributed by atoms with van der Waals surface area (Å²) in [5.74, 6) is -2.92. The van der Waals surface area contributed by atoms with Gasteiger partial charge in [-0.25, -0.2) is 0 Å². The van der Waals surface area contributed by atoms with Crippen LogP contribution in [0.4, 0.5) is 0 Å². The molecular formula is C33H39N3O6. The largest absolute Gasteiger partial charge is 0.497 e. The third kappa shape index (κ3) is 7.93. The van der Waals surface area contributed by atoms with Crippen molar-refractivity contribution < 1.29 is 28.7 Å². The van der Waals surface area contributed by atoms with Crippen molar-refractivity contribution in [3.8, 4) is 5.75 Å². The van der Waals surface area contributed by atoms with E-state index < -0.39 is 41.0 Å². The minimum absolute atomic E-state index is 0.0322. The van der Waals surface area contributed by atoms with Crippen LogP contribution in [0.25, 0.3) is 10.9 Å². The van der Waals surface area contributed by atoms with Crippen LogP contribution in [-0.2, 0) is 25.6 Å². The average molecular weight is 574 g/mol. The van der Waals surface area contributed by atoms with Crippen LogP contribution in [0.5, 0.6) is 5.75 Å². The molecule has 3 aromatic rings. The van der Waals surface area contributed by atoms with Gasteiger partial charge in [-0.3, -0.25) is 24.0 Å². The molecule has 3 atom stereocenters. The Hall–Kier alpha value is -4.27. The Morgan fingerprint density at radius 2 is 1.79 bits per heavy atom. The zero-order valence-corrected chi connectivity index (χ0v) is 24.6. The van der Waals surface area contributed by atoms with Gasteiger partial charge in [0, 0.05) is 41.1 Å². The van der Waals surface area contributed by atoms with Gasteiger partial charge in [0.1, 0.15) is 11.5 Å². The Bertz CT molecular complexity index is 1470. The van der Waals surface area contributed by atoms with Gasteiger partial charge in [0.15, 0.2) is 5.78 Å². The number of ether oxygens (including phenoxy) is 1. The fourth-order valence-electron chi connectivity index (χ4n) is 5.38. The molecule has 3 N–H and O–H groups in total. The van der Waals surface area contributed by atoms with Gasteiger partial charge in [-0.15, -0.1) is 0 Å². The second kappa shape index (κ2) is 13.1. The first kappa shape index (κ1) is 30.7. The molecule has 1 aromatic heterocycles. The highest BCUT2D eigenvalue weighted by molar-refractivity contribution is 6.38. The first-order chi connectivity index (χ1) is 19.9. The van der Waals surface area contributed by atoms with Crippen molar-refractivity contribution in [3.05, 3.63) is 65.9 Å². The van der Waals surface area contributed by atoms with E-state index in [-0.39, 0.29) is 30.8 Å². The topological polar surface area (TPSA) is 134 Å². The third-order valence-corrected chi connectivity index (χ3v) is 7.55. The van der Waals surface area contributed by atoms with E-state index in [1.807, 2.05) is 42.5 Å². The van der Waals surface area contributed by atoms with Crippen LogP contribution >= 0.6 is 0 Å². The Balaban J connectivity index is 1.58. The van der Waals surface area contributed by atoms with Crippen LogP contribution in [0.2, 0.25) is 0 Å². The first-order valence-electron chi connectivity index (χ1n) is 14.4. The Kier molecular flexibility index (Phi) is 9.60. The quantitative estimate of drug-likeness (QED) is 0.218. The zero-order chi connectivity index (χ0) is 30.4. The minimum Gasteiger partial charge on any atom is -0.497 e. The van der Waals surface area contributed by atoms with Crippen LogP contribution in [0.15, 0.2) is 54.6 Å². The second-order valence-electron chi connectivity index (χ2n) is 12.1. The molecule has 222 valence electrons. The van der Waals surface area contributed by atoms with Gasteiger partial charge in [-0.05, 0) is 76.3 Å². The number of rotatable bonds is 12. The van der Waals surface area contributed by atoms with Crippen LogP contribution in [-0.4, -0.2) is 52.8 Å². The molecule has 1 aliphatic carbocycles. The number of H-pyrrole nitrogens is 1. The van der Waals surface area contributed by atoms with Crippen LogP contribution in [0.3, 0.4) is 0 Å². The number of Topliss-reactive ketones (excluding diaryl/α,β-unsaturated/α-hetero) is 3. The van der Waals surface area contributed by atoms with Gasteiger partial charge in [0.05, 0.1) is 18.8 Å². The lowest BCUT2D eigenvalue weighted by atomic mass is 9.90. The summed E-state index contributed by atoms with van der Waals surface area (Å²) in [4.78, 5) is 68.9. The number of carbonyl (C=O) groups excluding carboxylic acids is 5. The van der Waals surface area contributed by atoms with Crippen molar-refractivity contribution in [1.82, 2.24) is 15.6 Å². The highest BCUT2D eigenvalue weighted by atomic mass is 16.5. The van der Waals surface area contributed by atoms with Gasteiger partial charge in [0.25, 0.3) is 5.91 Å². The number of carbonyl (C=O) groups is 5. The third-order valence-electron chi connectivity index (χ3n) is 7.55. The lowest BCUT2D eigenvalue weighted by Gasteiger charge is -2.25. The van der Waals surface area contributed by atoms with Crippen molar-refractivity contribution in [3.63, 3.8) is 0 Å². The number of aromatic amines is 1. The van der Waals surface area contributed by atoms with Crippen molar-refractivity contribution in [1.29, 1.82) is 0 Å². The molecule has 0 saturated heterocycles. The summed E-state index contributed by atoms with van der Waals surface area (Å²) in [6.07, 6.45) is 1.93. The molecule has 9 heteroatoms. The Morgan fingerprint density at radius 3 is 2.43 bits per heavy atom. The summed E-state index contributed by atoms with van der Waals surface area (Å²) >= 11 is 0. The number of hydrogen-bond donors (Lipinski definition) is 3. The number of amides is 2. The van der Waals surface area contributed by atoms with E-state index in [9.17, 15) is 24.0 Å². The number of fused-ring (bicyclic) bond motifs is 1. The number of methoxy groups -OCH3 is 1. The van der Waals surface area contributed by atoms with E-state index in [1.165, 1.54) is 0 Å². The van der Waals surface area contributed by atoms with E-state index in [4.69, 9.17) is 4.74 Å². The molecule has 0 spiro atoms. The van der Waals surface area contributed by atoms with Crippen molar-refractivity contribution >= 4 is 40.1 Å². The molecule has 1 heterocycles. The molecule has 1 aliphatic rings. The van der Waals surface area contributed by atoms with Crippen molar-refractivity contribution in [2.24, 2.45) is 11.8 Å². The van der Waals surface area contributed by atoms with E-state index >= 15 is 0 Å². The molecule has 2 amide bonds. The molecule has 1 fully saturated rings. The van der Waals surface area contributed by atoms with E-state index in [1.54, 1.807) is 40.0 Å². The maximum atomic E-state index is 13.8. The zero-order valence-electron chi connectivity index (χ0n) is 24.6. The summed E-state index contributed by atoms with van der Waals surface area (Å²) in [7, 11) is 1.57. The molecule has 0 radical (unpaired) electrons. The molecule has 42 heavy (non-hydrogen) atoms. The average Bonchev–Trinajstić information content (AvgIpc) is 3.56. The van der Waals surface area contributed by atoms with Gasteiger partial charge < -0.3 is 20.4 Å². The fraction of sp³-hybridized carbons (Fsp3) is 0.424. The minimum atomic E-state index is -1.18. The summed E-state index contributed by atoms with van der Waals surface area (Å²) in [5, 5.41) is 6.23. The number of nitrogens with one attached hydrogen (secondary N) is 3. The standard InChI is InChI=1S/C33H39N3O6/c1-33(2,3)36-32(41)30(39)27(17-21-11-8-12-28(21)37)35-31(40)23(15-20-9-6-5-7-10-20)19-29(38)26-18-22-16-24(42-4)13-14-25(22)34-26/h5-7,9-10,13-14,16,18,21,23,27,34H,8,11-12,15,17,19H2,1-4H3,(H,35,40)(H,36,41)/t21-,23+,27-/m0/s1. The van der Waals surface area contributed by atoms with Crippen molar-refractivity contribution in [2.75, 3.05) is 7.11 Å². The lowest BCUT2D eigenvalue weighted by molar-refractivity contribution is -0.141. The van der Waals surface area contributed by atoms with Gasteiger partial charge in [0.2, 0.25) is 11.7 Å². The van der Waals surface area contributed by atoms with Gasteiger partial charge >= 0.3 is 0 Å². The molecule has 4 rings (SSSR count). The maximum Gasteiger partial charge on any atom is 0.290 e. The lowest BCUT2D eigenvalue weighted by Crippen LogP contribution is -2.53. The number of ketones is 3. The highest BCUT2D eigenvalue weighted by Crippen LogP contribution is 2.27. The Morgan fingerprint density at radius 1 is 1.05 bits per heavy atom. The van der Waals surface area contributed by atoms with E-state index in [0.29, 0.717) is 30.7 Å². The smallest absolute Gasteiger partial charge is 0.290 e. The van der Waals surface area contributed by atoms with Gasteiger partial charge in [-0.1, -0.05) is 30.3 Å². The number of aromatic nitrogens is 1.